The van der Waals surface area contributed by atoms with E-state index in [1.165, 1.54) is 17.5 Å². The van der Waals surface area contributed by atoms with Gasteiger partial charge >= 0.3 is 5.82 Å². The number of nitrogens with one attached hydrogen (secondary N) is 1. The SMILES string of the molecule is CN(C)C=C(NCc1cnc(Cl)s1)[N+](=O)[O-]. The molecule has 88 valence electrons. The minimum Gasteiger partial charge on any atom is -0.377 e. The lowest BCUT2D eigenvalue weighted by atomic mass is 10.5. The molecule has 1 rings (SSSR count). The molecule has 8 heteroatoms. The number of hydrogen-bond acceptors (Lipinski definition) is 6. The van der Waals surface area contributed by atoms with E-state index in [1.807, 2.05) is 0 Å². The van der Waals surface area contributed by atoms with Gasteiger partial charge in [-0.25, -0.2) is 4.98 Å². The number of rotatable bonds is 5. The molecule has 0 aromatic carbocycles. The maximum Gasteiger partial charge on any atom is 0.332 e. The molecule has 0 aliphatic rings. The van der Waals surface area contributed by atoms with E-state index in [4.69, 9.17) is 11.6 Å². The van der Waals surface area contributed by atoms with Crippen LogP contribution in [-0.2, 0) is 6.54 Å². The van der Waals surface area contributed by atoms with E-state index in [-0.39, 0.29) is 5.82 Å². The third kappa shape index (κ3) is 4.03. The predicted octanol–water partition coefficient (Wildman–Crippen LogP) is 1.52. The average molecular weight is 263 g/mol. The molecule has 1 heterocycles. The van der Waals surface area contributed by atoms with Crippen molar-refractivity contribution in [2.45, 2.75) is 6.54 Å². The molecule has 0 saturated carbocycles. The zero-order valence-electron chi connectivity index (χ0n) is 8.81. The van der Waals surface area contributed by atoms with Gasteiger partial charge in [-0.2, -0.15) is 0 Å². The van der Waals surface area contributed by atoms with Gasteiger partial charge in [0, 0.05) is 20.3 Å². The molecule has 0 fully saturated rings. The van der Waals surface area contributed by atoms with Crippen LogP contribution in [0.15, 0.2) is 18.2 Å². The summed E-state index contributed by atoms with van der Waals surface area (Å²) in [6, 6.07) is 0. The summed E-state index contributed by atoms with van der Waals surface area (Å²) < 4.78 is 0.427. The van der Waals surface area contributed by atoms with Crippen LogP contribution in [0.25, 0.3) is 0 Å². The largest absolute Gasteiger partial charge is 0.377 e. The molecule has 1 N–H and O–H groups in total. The molecule has 0 saturated heterocycles. The van der Waals surface area contributed by atoms with Gasteiger partial charge in [-0.15, -0.1) is 11.3 Å². The molecule has 0 amide bonds. The van der Waals surface area contributed by atoms with E-state index in [0.717, 1.165) is 4.88 Å². The molecule has 0 spiro atoms. The van der Waals surface area contributed by atoms with Crippen molar-refractivity contribution >= 4 is 22.9 Å². The van der Waals surface area contributed by atoms with Crippen molar-refractivity contribution < 1.29 is 4.92 Å². The Balaban J connectivity index is 2.60. The number of thiazole rings is 1. The number of aromatic nitrogens is 1. The first-order chi connectivity index (χ1) is 7.49. The Labute approximate surface area is 102 Å². The molecule has 0 aliphatic carbocycles. The Morgan fingerprint density at radius 3 is 2.94 bits per heavy atom. The number of hydrogen-bond donors (Lipinski definition) is 1. The van der Waals surface area contributed by atoms with Gasteiger partial charge in [-0.05, 0) is 4.92 Å². The first-order valence-corrected chi connectivity index (χ1v) is 5.55. The Morgan fingerprint density at radius 1 is 1.81 bits per heavy atom. The monoisotopic (exact) mass is 262 g/mol. The van der Waals surface area contributed by atoms with E-state index in [2.05, 4.69) is 10.3 Å². The first kappa shape index (κ1) is 12.7. The Bertz CT molecular complexity index is 404. The van der Waals surface area contributed by atoms with Crippen LogP contribution in [-0.4, -0.2) is 28.9 Å². The predicted molar refractivity (Wildman–Crippen MR) is 62.7 cm³/mol. The molecule has 6 nitrogen and oxygen atoms in total. The van der Waals surface area contributed by atoms with Crippen LogP contribution in [0.4, 0.5) is 0 Å². The highest BCUT2D eigenvalue weighted by Gasteiger charge is 2.10. The van der Waals surface area contributed by atoms with Gasteiger partial charge in [-0.1, -0.05) is 11.6 Å². The molecule has 0 bridgehead atoms. The van der Waals surface area contributed by atoms with Crippen LogP contribution in [0.2, 0.25) is 4.47 Å². The minimum atomic E-state index is -0.470. The van der Waals surface area contributed by atoms with Gasteiger partial charge in [0.1, 0.15) is 6.54 Å². The van der Waals surface area contributed by atoms with E-state index >= 15 is 0 Å². The fourth-order valence-electron chi connectivity index (χ4n) is 0.945. The summed E-state index contributed by atoms with van der Waals surface area (Å²) in [5.74, 6) is -0.0606. The lowest BCUT2D eigenvalue weighted by molar-refractivity contribution is -0.433. The minimum absolute atomic E-state index is 0.0606. The molecule has 0 unspecified atom stereocenters. The molecule has 16 heavy (non-hydrogen) atoms. The second-order valence-electron chi connectivity index (χ2n) is 3.17. The summed E-state index contributed by atoms with van der Waals surface area (Å²) >= 11 is 6.93. The molecule has 1 aromatic rings. The van der Waals surface area contributed by atoms with Crippen molar-refractivity contribution in [1.29, 1.82) is 0 Å². The fraction of sp³-hybridized carbons (Fsp3) is 0.375. The summed E-state index contributed by atoms with van der Waals surface area (Å²) in [5, 5.41) is 13.4. The molecule has 0 aliphatic heterocycles. The summed E-state index contributed by atoms with van der Waals surface area (Å²) in [5.41, 5.74) is 0. The topological polar surface area (TPSA) is 71.3 Å². The normalized spacial score (nSPS) is 11.3. The van der Waals surface area contributed by atoms with Gasteiger partial charge in [0.25, 0.3) is 0 Å². The van der Waals surface area contributed by atoms with Crippen molar-refractivity contribution in [3.8, 4) is 0 Å². The van der Waals surface area contributed by atoms with Crippen molar-refractivity contribution in [1.82, 2.24) is 15.2 Å². The average Bonchev–Trinajstić information content (AvgIpc) is 2.58. The van der Waals surface area contributed by atoms with Crippen molar-refractivity contribution in [3.63, 3.8) is 0 Å². The van der Waals surface area contributed by atoms with Gasteiger partial charge in [-0.3, -0.25) is 5.32 Å². The van der Waals surface area contributed by atoms with Crippen molar-refractivity contribution in [2.75, 3.05) is 14.1 Å². The Kier molecular flexibility index (Phi) is 4.51. The van der Waals surface area contributed by atoms with Gasteiger partial charge < -0.3 is 15.0 Å². The van der Waals surface area contributed by atoms with E-state index in [9.17, 15) is 10.1 Å². The summed E-state index contributed by atoms with van der Waals surface area (Å²) in [4.78, 5) is 16.5. The zero-order valence-corrected chi connectivity index (χ0v) is 10.4. The smallest absolute Gasteiger partial charge is 0.332 e. The maximum atomic E-state index is 10.7. The highest BCUT2D eigenvalue weighted by atomic mass is 35.5. The van der Waals surface area contributed by atoms with Gasteiger partial charge in [0.2, 0.25) is 0 Å². The Morgan fingerprint density at radius 2 is 2.50 bits per heavy atom. The second-order valence-corrected chi connectivity index (χ2v) is 4.87. The quantitative estimate of drug-likeness (QED) is 0.644. The highest BCUT2D eigenvalue weighted by Crippen LogP contribution is 2.17. The third-order valence-electron chi connectivity index (χ3n) is 1.55. The van der Waals surface area contributed by atoms with E-state index in [1.54, 1.807) is 25.2 Å². The van der Waals surface area contributed by atoms with E-state index < -0.39 is 4.92 Å². The second kappa shape index (κ2) is 5.66. The number of halogens is 1. The summed E-state index contributed by atoms with van der Waals surface area (Å²) in [7, 11) is 3.43. The lowest BCUT2D eigenvalue weighted by Crippen LogP contribution is -2.21. The molecular weight excluding hydrogens is 252 g/mol. The van der Waals surface area contributed by atoms with Crippen molar-refractivity contribution in [2.24, 2.45) is 0 Å². The summed E-state index contributed by atoms with van der Waals surface area (Å²) in [6.07, 6.45) is 3.00. The molecule has 1 aromatic heterocycles. The number of nitro groups is 1. The molecule has 0 atom stereocenters. The maximum absolute atomic E-state index is 10.7. The van der Waals surface area contributed by atoms with Crippen LogP contribution in [0.1, 0.15) is 4.88 Å². The Hall–Kier alpha value is -1.34. The first-order valence-electron chi connectivity index (χ1n) is 4.35. The standard InChI is InChI=1S/C8H11ClN4O2S/c1-12(2)5-7(13(14)15)10-3-6-4-11-8(9)16-6/h4-5,10H,3H2,1-2H3. The van der Waals surface area contributed by atoms with Crippen LogP contribution < -0.4 is 5.32 Å². The van der Waals surface area contributed by atoms with Crippen LogP contribution in [0, 0.1) is 10.1 Å². The number of nitrogens with zero attached hydrogens (tertiary/aromatic N) is 3. The van der Waals surface area contributed by atoms with Gasteiger partial charge in [0.05, 0.1) is 11.1 Å². The molecular formula is C8H11ClN4O2S. The lowest BCUT2D eigenvalue weighted by Gasteiger charge is -2.07. The van der Waals surface area contributed by atoms with Crippen LogP contribution in [0.5, 0.6) is 0 Å². The highest BCUT2D eigenvalue weighted by molar-refractivity contribution is 7.15. The van der Waals surface area contributed by atoms with Crippen LogP contribution in [0.3, 0.4) is 0 Å². The summed E-state index contributed by atoms with van der Waals surface area (Å²) in [6.45, 7) is 0.338. The zero-order chi connectivity index (χ0) is 12.1. The molecule has 0 radical (unpaired) electrons. The van der Waals surface area contributed by atoms with Crippen molar-refractivity contribution in [3.05, 3.63) is 37.7 Å². The van der Waals surface area contributed by atoms with Crippen LogP contribution >= 0.6 is 22.9 Å². The van der Waals surface area contributed by atoms with Gasteiger partial charge in [0.15, 0.2) is 4.47 Å². The fourth-order valence-corrected chi connectivity index (χ4v) is 1.86. The van der Waals surface area contributed by atoms with E-state index in [0.29, 0.717) is 11.0 Å². The third-order valence-corrected chi connectivity index (χ3v) is 2.66.